The summed E-state index contributed by atoms with van der Waals surface area (Å²) in [4.78, 5) is 51.0. The molecule has 0 atom stereocenters. The van der Waals surface area contributed by atoms with Crippen LogP contribution in [0, 0.1) is 13.8 Å². The van der Waals surface area contributed by atoms with Crippen LogP contribution in [0.25, 0.3) is 0 Å². The first-order chi connectivity index (χ1) is 14.5. The van der Waals surface area contributed by atoms with Crippen molar-refractivity contribution in [2.75, 3.05) is 4.90 Å². The lowest BCUT2D eigenvalue weighted by atomic mass is 10.1. The third kappa shape index (κ3) is 5.31. The van der Waals surface area contributed by atoms with Gasteiger partial charge in [-0.25, -0.2) is 14.5 Å². The Morgan fingerprint density at radius 1 is 0.781 bits per heavy atom. The summed E-state index contributed by atoms with van der Waals surface area (Å²) in [7, 11) is 0. The molecule has 12 heteroatoms. The molecule has 0 unspecified atom stereocenters. The highest BCUT2D eigenvalue weighted by atomic mass is 16.6. The Morgan fingerprint density at radius 3 is 1.41 bits per heavy atom. The number of carbonyl (C=O) groups is 4. The zero-order valence-corrected chi connectivity index (χ0v) is 19.4. The molecular formula is C20H28N6O6. The lowest BCUT2D eigenvalue weighted by Crippen LogP contribution is -2.39. The molecule has 2 rings (SSSR count). The van der Waals surface area contributed by atoms with E-state index in [-0.39, 0.29) is 34.2 Å². The Balaban J connectivity index is 2.72. The number of H-pyrrole nitrogens is 2. The summed E-state index contributed by atoms with van der Waals surface area (Å²) in [5.41, 5.74) is 3.84. The number of nitrogens with two attached hydrogens (primary N) is 1. The molecule has 0 aliphatic heterocycles. The molecule has 0 aliphatic carbocycles. The number of aryl methyl sites for hydroxylation is 2. The number of esters is 2. The summed E-state index contributed by atoms with van der Waals surface area (Å²) in [5.74, 6) is -4.80. The monoisotopic (exact) mass is 448 g/mol. The number of aromatic amines is 2. The van der Waals surface area contributed by atoms with Crippen LogP contribution in [-0.4, -0.2) is 55.3 Å². The van der Waals surface area contributed by atoms with Crippen LogP contribution >= 0.6 is 0 Å². The quantitative estimate of drug-likeness (QED) is 0.469. The Bertz CT molecular complexity index is 997. The second kappa shape index (κ2) is 8.44. The van der Waals surface area contributed by atoms with Crippen molar-refractivity contribution in [2.24, 2.45) is 5.73 Å². The number of carbonyl (C=O) groups excluding carboxylic acids is 4. The number of hydrogen-bond acceptors (Lipinski definition) is 8. The summed E-state index contributed by atoms with van der Waals surface area (Å²) in [6.45, 7) is 13.1. The molecule has 0 saturated heterocycles. The number of rotatable bonds is 4. The molecule has 0 spiro atoms. The Kier molecular flexibility index (Phi) is 6.48. The van der Waals surface area contributed by atoms with Gasteiger partial charge in [-0.2, -0.15) is 10.2 Å². The minimum absolute atomic E-state index is 0.120. The lowest BCUT2D eigenvalue weighted by Gasteiger charge is -2.23. The van der Waals surface area contributed by atoms with Crippen LogP contribution in [0.3, 0.4) is 0 Å². The van der Waals surface area contributed by atoms with Gasteiger partial charge >= 0.3 is 23.8 Å². The zero-order valence-electron chi connectivity index (χ0n) is 19.4. The summed E-state index contributed by atoms with van der Waals surface area (Å²) in [6.07, 6.45) is 0. The number of nitrogens with one attached hydrogen (secondary N) is 2. The maximum absolute atomic E-state index is 12.8. The summed E-state index contributed by atoms with van der Waals surface area (Å²) in [6, 6.07) is 0. The van der Waals surface area contributed by atoms with Gasteiger partial charge in [0.15, 0.2) is 11.6 Å². The fourth-order valence-corrected chi connectivity index (χ4v) is 2.71. The van der Waals surface area contributed by atoms with Gasteiger partial charge in [-0.1, -0.05) is 0 Å². The Labute approximate surface area is 184 Å². The molecule has 174 valence electrons. The van der Waals surface area contributed by atoms with Crippen molar-refractivity contribution >= 4 is 35.4 Å². The molecule has 4 N–H and O–H groups in total. The van der Waals surface area contributed by atoms with E-state index >= 15 is 0 Å². The van der Waals surface area contributed by atoms with Gasteiger partial charge in [0.1, 0.15) is 22.3 Å². The van der Waals surface area contributed by atoms with Crippen LogP contribution in [0.2, 0.25) is 0 Å². The fourth-order valence-electron chi connectivity index (χ4n) is 2.71. The van der Waals surface area contributed by atoms with Crippen molar-refractivity contribution in [1.82, 2.24) is 20.4 Å². The normalized spacial score (nSPS) is 11.8. The third-order valence-electron chi connectivity index (χ3n) is 3.90. The summed E-state index contributed by atoms with van der Waals surface area (Å²) < 4.78 is 10.8. The molecule has 0 aromatic carbocycles. The number of aromatic nitrogens is 4. The number of ether oxygens (including phenoxy) is 2. The molecular weight excluding hydrogens is 420 g/mol. The Morgan fingerprint density at radius 2 is 1.12 bits per heavy atom. The van der Waals surface area contributed by atoms with Crippen LogP contribution < -0.4 is 10.6 Å². The fraction of sp³-hybridized carbons (Fsp3) is 0.500. The maximum atomic E-state index is 12.8. The molecule has 32 heavy (non-hydrogen) atoms. The average Bonchev–Trinajstić information content (AvgIpc) is 3.15. The van der Waals surface area contributed by atoms with E-state index in [0.29, 0.717) is 4.90 Å². The van der Waals surface area contributed by atoms with E-state index < -0.39 is 35.0 Å². The first-order valence-corrected chi connectivity index (χ1v) is 9.74. The predicted octanol–water partition coefficient (Wildman–Crippen LogP) is 1.81. The van der Waals surface area contributed by atoms with Crippen molar-refractivity contribution < 1.29 is 28.7 Å². The van der Waals surface area contributed by atoms with Gasteiger partial charge in [-0.05, 0) is 55.4 Å². The summed E-state index contributed by atoms with van der Waals surface area (Å²) in [5, 5.41) is 13.2. The molecule has 2 heterocycles. The SMILES string of the molecule is Cc1[nH]nc(N(C(=O)C(N)=O)c2n[nH]c(C)c2C(=O)OC(C)(C)C)c1C(=O)OC(C)(C)C. The van der Waals surface area contributed by atoms with E-state index in [9.17, 15) is 19.2 Å². The van der Waals surface area contributed by atoms with E-state index in [4.69, 9.17) is 15.2 Å². The van der Waals surface area contributed by atoms with Crippen molar-refractivity contribution in [3.63, 3.8) is 0 Å². The van der Waals surface area contributed by atoms with Gasteiger partial charge in [0.05, 0.1) is 0 Å². The molecule has 0 bridgehead atoms. The van der Waals surface area contributed by atoms with Crippen molar-refractivity contribution in [2.45, 2.75) is 66.6 Å². The highest BCUT2D eigenvalue weighted by Crippen LogP contribution is 2.33. The highest BCUT2D eigenvalue weighted by Gasteiger charge is 2.37. The van der Waals surface area contributed by atoms with Gasteiger partial charge in [0.25, 0.3) is 0 Å². The van der Waals surface area contributed by atoms with Crippen LogP contribution in [-0.2, 0) is 19.1 Å². The number of primary amides is 1. The van der Waals surface area contributed by atoms with E-state index in [0.717, 1.165) is 0 Å². The van der Waals surface area contributed by atoms with E-state index in [1.165, 1.54) is 13.8 Å². The second-order valence-corrected chi connectivity index (χ2v) is 9.10. The molecule has 0 aliphatic rings. The van der Waals surface area contributed by atoms with Crippen molar-refractivity contribution in [3.05, 3.63) is 22.5 Å². The van der Waals surface area contributed by atoms with Gasteiger partial charge in [-0.15, -0.1) is 0 Å². The van der Waals surface area contributed by atoms with Crippen LogP contribution in [0.4, 0.5) is 11.6 Å². The second-order valence-electron chi connectivity index (χ2n) is 9.10. The number of anilines is 2. The molecule has 12 nitrogen and oxygen atoms in total. The van der Waals surface area contributed by atoms with Crippen LogP contribution in [0.15, 0.2) is 0 Å². The first kappa shape index (κ1) is 24.6. The standard InChI is InChI=1S/C20H28N6O6/c1-9-11(17(29)31-19(3,4)5)14(24-22-9)26(16(28)13(21)27)15-12(10(2)23-25-15)18(30)32-20(6,7)8/h1-8H3,(H2,21,27)(H,22,24)(H,23,25). The minimum Gasteiger partial charge on any atom is -0.456 e. The van der Waals surface area contributed by atoms with E-state index in [1.807, 2.05) is 0 Å². The van der Waals surface area contributed by atoms with Gasteiger partial charge in [0, 0.05) is 11.4 Å². The molecule has 0 fully saturated rings. The van der Waals surface area contributed by atoms with E-state index in [1.54, 1.807) is 41.5 Å². The number of nitrogens with zero attached hydrogens (tertiary/aromatic N) is 3. The first-order valence-electron chi connectivity index (χ1n) is 9.74. The average molecular weight is 448 g/mol. The third-order valence-corrected chi connectivity index (χ3v) is 3.90. The zero-order chi connectivity index (χ0) is 24.6. The lowest BCUT2D eigenvalue weighted by molar-refractivity contribution is -0.135. The predicted molar refractivity (Wildman–Crippen MR) is 113 cm³/mol. The molecule has 2 aromatic heterocycles. The van der Waals surface area contributed by atoms with Crippen molar-refractivity contribution in [3.8, 4) is 0 Å². The van der Waals surface area contributed by atoms with Gasteiger partial charge < -0.3 is 15.2 Å². The van der Waals surface area contributed by atoms with Crippen molar-refractivity contribution in [1.29, 1.82) is 0 Å². The van der Waals surface area contributed by atoms with Gasteiger partial charge in [-0.3, -0.25) is 19.8 Å². The number of amides is 2. The molecule has 2 aromatic rings. The topological polar surface area (TPSA) is 173 Å². The molecule has 2 amide bonds. The molecule has 0 radical (unpaired) electrons. The largest absolute Gasteiger partial charge is 0.456 e. The summed E-state index contributed by atoms with van der Waals surface area (Å²) >= 11 is 0. The van der Waals surface area contributed by atoms with E-state index in [2.05, 4.69) is 20.4 Å². The smallest absolute Gasteiger partial charge is 0.344 e. The molecule has 0 saturated carbocycles. The minimum atomic E-state index is -1.35. The number of hydrogen-bond donors (Lipinski definition) is 3. The maximum Gasteiger partial charge on any atom is 0.344 e. The van der Waals surface area contributed by atoms with Crippen LogP contribution in [0.5, 0.6) is 0 Å². The van der Waals surface area contributed by atoms with Gasteiger partial charge in [0.2, 0.25) is 0 Å². The highest BCUT2D eigenvalue weighted by molar-refractivity contribution is 6.42. The Hall–Kier alpha value is -3.70. The van der Waals surface area contributed by atoms with Crippen LogP contribution in [0.1, 0.15) is 73.6 Å².